The number of rotatable bonds is 4. The lowest BCUT2D eigenvalue weighted by Gasteiger charge is -2.20. The molecule has 1 saturated carbocycles. The zero-order valence-corrected chi connectivity index (χ0v) is 15.7. The van der Waals surface area contributed by atoms with Gasteiger partial charge in [-0.2, -0.15) is 5.48 Å². The first-order valence-corrected chi connectivity index (χ1v) is 10.1. The number of carbonyl (C=O) groups is 1. The minimum absolute atomic E-state index is 0.0737. The van der Waals surface area contributed by atoms with Crippen molar-refractivity contribution in [2.45, 2.75) is 57.0 Å². The van der Waals surface area contributed by atoms with Crippen LogP contribution in [0.5, 0.6) is 0 Å². The van der Waals surface area contributed by atoms with Gasteiger partial charge in [0.1, 0.15) is 6.61 Å². The van der Waals surface area contributed by atoms with Crippen LogP contribution < -0.4 is 5.48 Å². The Morgan fingerprint density at radius 2 is 1.41 bits per heavy atom. The van der Waals surface area contributed by atoms with Gasteiger partial charge < -0.3 is 4.74 Å². The molecule has 1 N–H and O–H groups in total. The molecule has 0 radical (unpaired) electrons. The Hall–Kier alpha value is -2.33. The molecular weight excluding hydrogens is 338 g/mol. The molecule has 0 bridgehead atoms. The first-order chi connectivity index (χ1) is 13.3. The molecule has 2 aromatic rings. The molecule has 0 saturated heterocycles. The Labute approximate surface area is 160 Å². The molecule has 4 rings (SSSR count). The van der Waals surface area contributed by atoms with Crippen LogP contribution in [0.3, 0.4) is 0 Å². The molecule has 1 amide bonds. The van der Waals surface area contributed by atoms with E-state index < -0.39 is 6.09 Å². The fourth-order valence-electron chi connectivity index (χ4n) is 4.30. The highest BCUT2D eigenvalue weighted by atomic mass is 16.7. The summed E-state index contributed by atoms with van der Waals surface area (Å²) < 4.78 is 5.51. The van der Waals surface area contributed by atoms with E-state index in [-0.39, 0.29) is 12.0 Å². The summed E-state index contributed by atoms with van der Waals surface area (Å²) in [4.78, 5) is 17.8. The largest absolute Gasteiger partial charge is 0.447 e. The van der Waals surface area contributed by atoms with E-state index >= 15 is 0 Å². The van der Waals surface area contributed by atoms with E-state index in [4.69, 9.17) is 9.57 Å². The Morgan fingerprint density at radius 1 is 0.852 bits per heavy atom. The molecule has 2 aliphatic carbocycles. The van der Waals surface area contributed by atoms with E-state index in [0.717, 1.165) is 25.7 Å². The molecule has 27 heavy (non-hydrogen) atoms. The van der Waals surface area contributed by atoms with Crippen LogP contribution in [0.2, 0.25) is 0 Å². The molecule has 4 nitrogen and oxygen atoms in total. The first-order valence-electron chi connectivity index (χ1n) is 10.1. The van der Waals surface area contributed by atoms with Gasteiger partial charge in [0.05, 0.1) is 6.10 Å². The minimum Gasteiger partial charge on any atom is -0.447 e. The number of benzene rings is 2. The summed E-state index contributed by atoms with van der Waals surface area (Å²) in [6.45, 7) is 0.313. The summed E-state index contributed by atoms with van der Waals surface area (Å²) in [5.74, 6) is 0.0737. The van der Waals surface area contributed by atoms with Gasteiger partial charge in [-0.1, -0.05) is 80.6 Å². The molecule has 0 aromatic heterocycles. The van der Waals surface area contributed by atoms with Crippen molar-refractivity contribution in [2.24, 2.45) is 0 Å². The summed E-state index contributed by atoms with van der Waals surface area (Å²) in [6, 6.07) is 16.7. The molecule has 0 unspecified atom stereocenters. The van der Waals surface area contributed by atoms with Crippen LogP contribution >= 0.6 is 0 Å². The maximum absolute atomic E-state index is 12.2. The quantitative estimate of drug-likeness (QED) is 0.721. The van der Waals surface area contributed by atoms with Crippen LogP contribution in [-0.2, 0) is 9.57 Å². The molecule has 0 heterocycles. The van der Waals surface area contributed by atoms with Crippen LogP contribution in [0.25, 0.3) is 11.1 Å². The second-order valence-electron chi connectivity index (χ2n) is 7.51. The fourth-order valence-corrected chi connectivity index (χ4v) is 4.30. The van der Waals surface area contributed by atoms with Crippen molar-refractivity contribution in [1.82, 2.24) is 5.48 Å². The van der Waals surface area contributed by atoms with Crippen LogP contribution in [0, 0.1) is 0 Å². The van der Waals surface area contributed by atoms with Crippen molar-refractivity contribution in [2.75, 3.05) is 6.61 Å². The number of hydrogen-bond donors (Lipinski definition) is 1. The lowest BCUT2D eigenvalue weighted by atomic mass is 9.98. The third-order valence-electron chi connectivity index (χ3n) is 5.70. The molecule has 0 atom stereocenters. The maximum atomic E-state index is 12.2. The predicted molar refractivity (Wildman–Crippen MR) is 105 cm³/mol. The number of hydrogen-bond acceptors (Lipinski definition) is 3. The van der Waals surface area contributed by atoms with Crippen LogP contribution in [0.4, 0.5) is 4.79 Å². The van der Waals surface area contributed by atoms with Crippen molar-refractivity contribution in [1.29, 1.82) is 0 Å². The second-order valence-corrected chi connectivity index (χ2v) is 7.51. The Kier molecular flexibility index (Phi) is 5.73. The lowest BCUT2D eigenvalue weighted by Crippen LogP contribution is -2.31. The molecule has 4 heteroatoms. The molecular formula is C23H27NO3. The van der Waals surface area contributed by atoms with Gasteiger partial charge in [-0.15, -0.1) is 0 Å². The van der Waals surface area contributed by atoms with Crippen molar-refractivity contribution in [3.8, 4) is 11.1 Å². The van der Waals surface area contributed by atoms with Gasteiger partial charge in [-0.05, 0) is 35.1 Å². The smallest absolute Gasteiger partial charge is 0.431 e. The van der Waals surface area contributed by atoms with E-state index in [1.807, 2.05) is 24.3 Å². The van der Waals surface area contributed by atoms with E-state index in [1.54, 1.807) is 0 Å². The SMILES string of the molecule is O=C(NOC1CCCCCCC1)OCC1c2ccccc2-c2ccccc21. The Bertz CT molecular complexity index is 735. The number of fused-ring (bicyclic) bond motifs is 3. The van der Waals surface area contributed by atoms with Crippen LogP contribution in [-0.4, -0.2) is 18.8 Å². The van der Waals surface area contributed by atoms with E-state index in [1.165, 1.54) is 41.5 Å². The van der Waals surface area contributed by atoms with Gasteiger partial charge in [-0.3, -0.25) is 4.84 Å². The molecule has 0 aliphatic heterocycles. The fraction of sp³-hybridized carbons (Fsp3) is 0.435. The minimum atomic E-state index is -0.501. The predicted octanol–water partition coefficient (Wildman–Crippen LogP) is 5.57. The summed E-state index contributed by atoms with van der Waals surface area (Å²) in [7, 11) is 0. The van der Waals surface area contributed by atoms with Gasteiger partial charge in [0, 0.05) is 5.92 Å². The molecule has 2 aliphatic rings. The normalized spacial score (nSPS) is 17.5. The maximum Gasteiger partial charge on any atom is 0.431 e. The van der Waals surface area contributed by atoms with Gasteiger partial charge in [0.25, 0.3) is 0 Å². The van der Waals surface area contributed by atoms with Gasteiger partial charge >= 0.3 is 6.09 Å². The van der Waals surface area contributed by atoms with Gasteiger partial charge in [-0.25, -0.2) is 4.79 Å². The second kappa shape index (κ2) is 8.57. The number of nitrogens with one attached hydrogen (secondary N) is 1. The summed E-state index contributed by atoms with van der Waals surface area (Å²) in [5.41, 5.74) is 7.40. The van der Waals surface area contributed by atoms with Crippen molar-refractivity contribution in [3.63, 3.8) is 0 Å². The molecule has 142 valence electrons. The summed E-state index contributed by atoms with van der Waals surface area (Å²) >= 11 is 0. The van der Waals surface area contributed by atoms with Gasteiger partial charge in [0.2, 0.25) is 0 Å². The highest BCUT2D eigenvalue weighted by molar-refractivity contribution is 5.79. The van der Waals surface area contributed by atoms with Crippen molar-refractivity contribution >= 4 is 6.09 Å². The zero-order chi connectivity index (χ0) is 18.5. The van der Waals surface area contributed by atoms with Gasteiger partial charge in [0.15, 0.2) is 0 Å². The van der Waals surface area contributed by atoms with E-state index in [0.29, 0.717) is 6.61 Å². The average Bonchev–Trinajstić information content (AvgIpc) is 2.99. The number of amides is 1. The highest BCUT2D eigenvalue weighted by Gasteiger charge is 2.29. The van der Waals surface area contributed by atoms with E-state index in [2.05, 4.69) is 29.7 Å². The van der Waals surface area contributed by atoms with Crippen LogP contribution in [0.1, 0.15) is 62.0 Å². The number of carbonyl (C=O) groups excluding carboxylic acids is 1. The Balaban J connectivity index is 1.34. The van der Waals surface area contributed by atoms with Crippen LogP contribution in [0.15, 0.2) is 48.5 Å². The third kappa shape index (κ3) is 4.16. The topological polar surface area (TPSA) is 47.6 Å². The van der Waals surface area contributed by atoms with Crippen molar-refractivity contribution in [3.05, 3.63) is 59.7 Å². The lowest BCUT2D eigenvalue weighted by molar-refractivity contribution is -0.0343. The summed E-state index contributed by atoms with van der Waals surface area (Å²) in [6.07, 6.45) is 7.76. The standard InChI is InChI=1S/C23H27NO3/c25-23(24-27-17-10-4-2-1-3-5-11-17)26-16-22-20-14-8-6-12-18(20)19-13-7-9-15-21(19)22/h6-9,12-15,17,22H,1-5,10-11,16H2,(H,24,25). The number of hydroxylamine groups is 1. The average molecular weight is 365 g/mol. The number of ether oxygens (including phenoxy) is 1. The highest BCUT2D eigenvalue weighted by Crippen LogP contribution is 2.44. The van der Waals surface area contributed by atoms with E-state index in [9.17, 15) is 4.79 Å². The molecule has 1 fully saturated rings. The first kappa shape index (κ1) is 18.1. The monoisotopic (exact) mass is 365 g/mol. The third-order valence-corrected chi connectivity index (χ3v) is 5.70. The Morgan fingerprint density at radius 3 is 2.04 bits per heavy atom. The summed E-state index contributed by atoms with van der Waals surface area (Å²) in [5, 5.41) is 0. The molecule has 0 spiro atoms. The zero-order valence-electron chi connectivity index (χ0n) is 15.7. The molecule has 2 aromatic carbocycles. The van der Waals surface area contributed by atoms with Crippen molar-refractivity contribution < 1.29 is 14.4 Å².